The van der Waals surface area contributed by atoms with Crippen molar-refractivity contribution >= 4 is 11.7 Å². The number of hydrogen-bond donors (Lipinski definition) is 0. The molecule has 6 nitrogen and oxygen atoms in total. The Kier molecular flexibility index (Phi) is 4.99. The highest BCUT2D eigenvalue weighted by molar-refractivity contribution is 5.75. The highest BCUT2D eigenvalue weighted by atomic mass is 16.6. The fraction of sp³-hybridized carbons (Fsp3) is 0.478. The van der Waals surface area contributed by atoms with Crippen LogP contribution in [0.25, 0.3) is 11.3 Å². The number of nitrogens with zero attached hydrogens (tertiary/aromatic N) is 3. The zero-order chi connectivity index (χ0) is 20.8. The topological polar surface area (TPSA) is 56.6 Å². The number of fused-ring (bicyclic) bond motifs is 2. The molecule has 2 aliphatic heterocycles. The maximum Gasteiger partial charge on any atom is 0.411 e. The van der Waals surface area contributed by atoms with E-state index in [2.05, 4.69) is 48.4 Å². The van der Waals surface area contributed by atoms with Crippen molar-refractivity contribution in [2.24, 2.45) is 0 Å². The molecule has 1 aromatic carbocycles. The Morgan fingerprint density at radius 3 is 2.66 bits per heavy atom. The maximum atomic E-state index is 12.8. The molecule has 0 radical (unpaired) electrons. The normalized spacial score (nSPS) is 21.7. The van der Waals surface area contributed by atoms with Gasteiger partial charge in [-0.1, -0.05) is 18.2 Å². The Hall–Kier alpha value is -2.60. The predicted molar refractivity (Wildman–Crippen MR) is 112 cm³/mol. The van der Waals surface area contributed by atoms with Crippen molar-refractivity contribution in [3.8, 4) is 5.69 Å². The molecule has 4 rings (SSSR count). The molecule has 2 atom stereocenters. The van der Waals surface area contributed by atoms with Crippen molar-refractivity contribution < 1.29 is 14.3 Å². The summed E-state index contributed by atoms with van der Waals surface area (Å²) in [6, 6.07) is 10.4. The van der Waals surface area contributed by atoms with Gasteiger partial charge in [-0.15, -0.1) is 0 Å². The summed E-state index contributed by atoms with van der Waals surface area (Å²) < 4.78 is 13.3. The zero-order valence-electron chi connectivity index (χ0n) is 17.8. The van der Waals surface area contributed by atoms with Gasteiger partial charge in [0, 0.05) is 5.69 Å². The molecule has 0 aliphatic carbocycles. The molecular formula is C23H29N3O3. The lowest BCUT2D eigenvalue weighted by molar-refractivity contribution is -0.0510. The summed E-state index contributed by atoms with van der Waals surface area (Å²) >= 11 is 0. The van der Waals surface area contributed by atoms with E-state index in [1.54, 1.807) is 0 Å². The van der Waals surface area contributed by atoms with Crippen molar-refractivity contribution in [1.82, 2.24) is 14.7 Å². The third kappa shape index (κ3) is 4.08. The van der Waals surface area contributed by atoms with Crippen LogP contribution in [0.15, 0.2) is 36.4 Å². The second-order valence-electron chi connectivity index (χ2n) is 8.93. The lowest BCUT2D eigenvalue weighted by Gasteiger charge is -2.44. The summed E-state index contributed by atoms with van der Waals surface area (Å²) in [5.74, 6) is 0. The Bertz CT molecular complexity index is 955. The quantitative estimate of drug-likeness (QED) is 0.762. The summed E-state index contributed by atoms with van der Waals surface area (Å²) in [5, 5.41) is 4.60. The molecule has 2 unspecified atom stereocenters. The molecular weight excluding hydrogens is 366 g/mol. The van der Waals surface area contributed by atoms with E-state index in [0.29, 0.717) is 13.2 Å². The van der Waals surface area contributed by atoms with E-state index in [0.717, 1.165) is 29.1 Å². The minimum absolute atomic E-state index is 0.0130. The Morgan fingerprint density at radius 2 is 2.00 bits per heavy atom. The van der Waals surface area contributed by atoms with E-state index in [-0.39, 0.29) is 18.2 Å². The minimum atomic E-state index is -0.510. The van der Waals surface area contributed by atoms with Gasteiger partial charge in [0.15, 0.2) is 0 Å². The van der Waals surface area contributed by atoms with Gasteiger partial charge in [0.05, 0.1) is 36.7 Å². The summed E-state index contributed by atoms with van der Waals surface area (Å²) in [7, 11) is 0. The molecule has 1 amide bonds. The molecule has 29 heavy (non-hydrogen) atoms. The standard InChI is InChI=1S/C23H29N3O3/c1-15-9-16(2)26(24-15)19-8-6-7-17(10-19)18-11-20-13-28-14-21(12-18)25(20)22(27)29-23(3,4)5/h6-11,20-21H,12-14H2,1-5H3. The number of carbonyl (C=O) groups excluding carboxylic acids is 1. The monoisotopic (exact) mass is 395 g/mol. The first-order valence-corrected chi connectivity index (χ1v) is 10.1. The fourth-order valence-electron chi connectivity index (χ4n) is 4.14. The molecule has 1 saturated heterocycles. The van der Waals surface area contributed by atoms with E-state index >= 15 is 0 Å². The first kappa shape index (κ1) is 19.7. The first-order valence-electron chi connectivity index (χ1n) is 10.1. The number of carbonyl (C=O) groups is 1. The first-order chi connectivity index (χ1) is 13.7. The molecule has 154 valence electrons. The number of rotatable bonds is 2. The van der Waals surface area contributed by atoms with E-state index in [1.165, 1.54) is 5.57 Å². The smallest absolute Gasteiger partial charge is 0.411 e. The largest absolute Gasteiger partial charge is 0.444 e. The van der Waals surface area contributed by atoms with Gasteiger partial charge in [-0.05, 0) is 70.4 Å². The average Bonchev–Trinajstić information content (AvgIpc) is 2.97. The molecule has 1 aromatic heterocycles. The lowest BCUT2D eigenvalue weighted by Crippen LogP contribution is -2.57. The van der Waals surface area contributed by atoms with Crippen molar-refractivity contribution in [1.29, 1.82) is 0 Å². The number of aryl methyl sites for hydroxylation is 2. The Balaban J connectivity index is 1.63. The third-order valence-electron chi connectivity index (χ3n) is 5.27. The fourth-order valence-corrected chi connectivity index (χ4v) is 4.14. The third-order valence-corrected chi connectivity index (χ3v) is 5.27. The Labute approximate surface area is 172 Å². The zero-order valence-corrected chi connectivity index (χ0v) is 17.8. The number of benzene rings is 1. The van der Waals surface area contributed by atoms with Crippen LogP contribution in [0.4, 0.5) is 4.79 Å². The van der Waals surface area contributed by atoms with Crippen LogP contribution >= 0.6 is 0 Å². The van der Waals surface area contributed by atoms with Gasteiger partial charge in [0.1, 0.15) is 5.60 Å². The van der Waals surface area contributed by atoms with Gasteiger partial charge in [0.2, 0.25) is 0 Å². The van der Waals surface area contributed by atoms with E-state index in [4.69, 9.17) is 9.47 Å². The number of aromatic nitrogens is 2. The number of hydrogen-bond acceptors (Lipinski definition) is 4. The van der Waals surface area contributed by atoms with Crippen LogP contribution in [0.5, 0.6) is 0 Å². The maximum absolute atomic E-state index is 12.8. The van der Waals surface area contributed by atoms with Crippen molar-refractivity contribution in [3.63, 3.8) is 0 Å². The van der Waals surface area contributed by atoms with Crippen LogP contribution in [-0.4, -0.2) is 51.7 Å². The van der Waals surface area contributed by atoms with Crippen LogP contribution in [-0.2, 0) is 9.47 Å². The van der Waals surface area contributed by atoms with Gasteiger partial charge in [-0.25, -0.2) is 9.48 Å². The van der Waals surface area contributed by atoms with Crippen LogP contribution in [0.3, 0.4) is 0 Å². The van der Waals surface area contributed by atoms with Crippen LogP contribution < -0.4 is 0 Å². The van der Waals surface area contributed by atoms with Crippen LogP contribution in [0.2, 0.25) is 0 Å². The minimum Gasteiger partial charge on any atom is -0.444 e. The van der Waals surface area contributed by atoms with Crippen molar-refractivity contribution in [2.75, 3.05) is 13.2 Å². The highest BCUT2D eigenvalue weighted by Crippen LogP contribution is 2.34. The second kappa shape index (κ2) is 7.34. The molecule has 0 spiro atoms. The van der Waals surface area contributed by atoms with E-state index in [9.17, 15) is 4.79 Å². The van der Waals surface area contributed by atoms with Crippen molar-refractivity contribution in [2.45, 2.75) is 58.7 Å². The number of ether oxygens (including phenoxy) is 2. The van der Waals surface area contributed by atoms with Crippen molar-refractivity contribution in [3.05, 3.63) is 53.4 Å². The van der Waals surface area contributed by atoms with Crippen LogP contribution in [0.1, 0.15) is 44.1 Å². The summed E-state index contributed by atoms with van der Waals surface area (Å²) in [6.07, 6.45) is 2.64. The summed E-state index contributed by atoms with van der Waals surface area (Å²) in [6.45, 7) is 10.8. The van der Waals surface area contributed by atoms with E-state index in [1.807, 2.05) is 37.3 Å². The number of amides is 1. The molecule has 2 aromatic rings. The predicted octanol–water partition coefficient (Wildman–Crippen LogP) is 4.28. The molecule has 6 heteroatoms. The SMILES string of the molecule is Cc1cc(C)n(-c2cccc(C3=CC4COCC(C3)N4C(=O)OC(C)(C)C)c2)n1. The van der Waals surface area contributed by atoms with Gasteiger partial charge < -0.3 is 9.47 Å². The van der Waals surface area contributed by atoms with Gasteiger partial charge in [-0.3, -0.25) is 4.90 Å². The molecule has 2 aliphatic rings. The summed E-state index contributed by atoms with van der Waals surface area (Å²) in [5.41, 5.74) is 5.06. The van der Waals surface area contributed by atoms with Gasteiger partial charge in [-0.2, -0.15) is 5.10 Å². The van der Waals surface area contributed by atoms with E-state index < -0.39 is 5.60 Å². The molecule has 3 heterocycles. The second-order valence-corrected chi connectivity index (χ2v) is 8.93. The summed E-state index contributed by atoms with van der Waals surface area (Å²) in [4.78, 5) is 14.6. The molecule has 1 fully saturated rings. The van der Waals surface area contributed by atoms with Gasteiger partial charge >= 0.3 is 6.09 Å². The molecule has 2 bridgehead atoms. The Morgan fingerprint density at radius 1 is 1.21 bits per heavy atom. The highest BCUT2D eigenvalue weighted by Gasteiger charge is 2.40. The molecule has 0 saturated carbocycles. The van der Waals surface area contributed by atoms with Crippen LogP contribution in [0, 0.1) is 13.8 Å². The average molecular weight is 396 g/mol. The molecule has 0 N–H and O–H groups in total. The number of morpholine rings is 1. The lowest BCUT2D eigenvalue weighted by atomic mass is 9.90. The van der Waals surface area contributed by atoms with Gasteiger partial charge in [0.25, 0.3) is 0 Å².